The van der Waals surface area contributed by atoms with Crippen LogP contribution in [0.4, 0.5) is 5.69 Å². The van der Waals surface area contributed by atoms with Crippen molar-refractivity contribution in [3.63, 3.8) is 0 Å². The van der Waals surface area contributed by atoms with Crippen LogP contribution in [0.2, 0.25) is 0 Å². The van der Waals surface area contributed by atoms with Gasteiger partial charge in [0.25, 0.3) is 0 Å². The zero-order valence-corrected chi connectivity index (χ0v) is 10.0. The molecule has 1 aromatic carbocycles. The van der Waals surface area contributed by atoms with E-state index in [4.69, 9.17) is 4.42 Å². The van der Waals surface area contributed by atoms with Gasteiger partial charge >= 0.3 is 11.9 Å². The molecular weight excluding hydrogens is 236 g/mol. The lowest BCUT2D eigenvalue weighted by Gasteiger charge is -2.03. The number of aryl methyl sites for hydroxylation is 1. The number of hydrogen-bond donors (Lipinski definition) is 1. The molecule has 1 amide bonds. The van der Waals surface area contributed by atoms with E-state index >= 15 is 0 Å². The molecule has 2 rings (SSSR count). The number of carbonyl (C=O) groups is 2. The van der Waals surface area contributed by atoms with E-state index in [2.05, 4.69) is 15.0 Å². The van der Waals surface area contributed by atoms with Crippen LogP contribution in [0.5, 0.6) is 0 Å². The van der Waals surface area contributed by atoms with E-state index in [-0.39, 0.29) is 6.61 Å². The van der Waals surface area contributed by atoms with Gasteiger partial charge in [-0.05, 0) is 25.1 Å². The SMILES string of the molecule is CCOC(=O)C(=O)Nc1ccc2oc(C)nc2c1. The lowest BCUT2D eigenvalue weighted by atomic mass is 10.3. The summed E-state index contributed by atoms with van der Waals surface area (Å²) in [6.45, 7) is 3.53. The van der Waals surface area contributed by atoms with Crippen LogP contribution < -0.4 is 5.32 Å². The van der Waals surface area contributed by atoms with Crippen molar-refractivity contribution < 1.29 is 18.7 Å². The summed E-state index contributed by atoms with van der Waals surface area (Å²) in [7, 11) is 0. The Hall–Kier alpha value is -2.37. The Balaban J connectivity index is 2.16. The van der Waals surface area contributed by atoms with Crippen LogP contribution in [0.1, 0.15) is 12.8 Å². The Bertz CT molecular complexity index is 603. The van der Waals surface area contributed by atoms with Crippen molar-refractivity contribution in [3.8, 4) is 0 Å². The number of carbonyl (C=O) groups excluding carboxylic acids is 2. The van der Waals surface area contributed by atoms with Gasteiger partial charge in [-0.15, -0.1) is 0 Å². The third-order valence-corrected chi connectivity index (χ3v) is 2.21. The van der Waals surface area contributed by atoms with E-state index < -0.39 is 11.9 Å². The number of hydrogen-bond acceptors (Lipinski definition) is 5. The molecule has 94 valence electrons. The first-order chi connectivity index (χ1) is 8.60. The lowest BCUT2D eigenvalue weighted by molar-refractivity contribution is -0.152. The van der Waals surface area contributed by atoms with E-state index in [1.165, 1.54) is 0 Å². The molecule has 0 radical (unpaired) electrons. The maximum atomic E-state index is 11.4. The molecule has 0 aliphatic heterocycles. The second kappa shape index (κ2) is 4.87. The minimum absolute atomic E-state index is 0.160. The maximum Gasteiger partial charge on any atom is 0.397 e. The molecule has 0 saturated carbocycles. The summed E-state index contributed by atoms with van der Waals surface area (Å²) in [5.41, 5.74) is 1.71. The summed E-state index contributed by atoms with van der Waals surface area (Å²) >= 11 is 0. The van der Waals surface area contributed by atoms with Crippen LogP contribution in [-0.4, -0.2) is 23.5 Å². The highest BCUT2D eigenvalue weighted by atomic mass is 16.5. The Morgan fingerprint density at radius 2 is 2.22 bits per heavy atom. The zero-order chi connectivity index (χ0) is 13.1. The number of amides is 1. The quantitative estimate of drug-likeness (QED) is 0.645. The standard InChI is InChI=1S/C12H12N2O4/c1-3-17-12(16)11(15)14-8-4-5-10-9(6-8)13-7(2)18-10/h4-6H,3H2,1-2H3,(H,14,15). The molecule has 1 aromatic heterocycles. The van der Waals surface area contributed by atoms with E-state index in [1.807, 2.05) is 0 Å². The van der Waals surface area contributed by atoms with Crippen molar-refractivity contribution in [2.24, 2.45) is 0 Å². The van der Waals surface area contributed by atoms with Crippen LogP contribution in [0, 0.1) is 6.92 Å². The van der Waals surface area contributed by atoms with Crippen molar-refractivity contribution in [1.29, 1.82) is 0 Å². The Labute approximate surface area is 103 Å². The Kier molecular flexibility index (Phi) is 3.27. The predicted octanol–water partition coefficient (Wildman–Crippen LogP) is 1.64. The highest BCUT2D eigenvalue weighted by molar-refractivity contribution is 6.37. The smallest absolute Gasteiger partial charge is 0.397 e. The van der Waals surface area contributed by atoms with Crippen molar-refractivity contribution in [2.45, 2.75) is 13.8 Å². The summed E-state index contributed by atoms with van der Waals surface area (Å²) in [6, 6.07) is 4.93. The third kappa shape index (κ3) is 2.48. The number of nitrogens with one attached hydrogen (secondary N) is 1. The van der Waals surface area contributed by atoms with Crippen LogP contribution >= 0.6 is 0 Å². The molecule has 0 fully saturated rings. The molecule has 0 aliphatic carbocycles. The highest BCUT2D eigenvalue weighted by Gasteiger charge is 2.15. The first-order valence-corrected chi connectivity index (χ1v) is 5.45. The molecule has 6 nitrogen and oxygen atoms in total. The van der Waals surface area contributed by atoms with Crippen molar-refractivity contribution >= 4 is 28.7 Å². The maximum absolute atomic E-state index is 11.4. The first-order valence-electron chi connectivity index (χ1n) is 5.45. The monoisotopic (exact) mass is 248 g/mol. The van der Waals surface area contributed by atoms with Crippen molar-refractivity contribution in [3.05, 3.63) is 24.1 Å². The molecule has 0 spiro atoms. The Morgan fingerprint density at radius 1 is 1.44 bits per heavy atom. The summed E-state index contributed by atoms with van der Waals surface area (Å²) in [5, 5.41) is 2.43. The fraction of sp³-hybridized carbons (Fsp3) is 0.250. The second-order valence-electron chi connectivity index (χ2n) is 3.59. The minimum atomic E-state index is -0.908. The van der Waals surface area contributed by atoms with Crippen molar-refractivity contribution in [1.82, 2.24) is 4.98 Å². The number of benzene rings is 1. The third-order valence-electron chi connectivity index (χ3n) is 2.21. The number of aromatic nitrogens is 1. The molecule has 1 N–H and O–H groups in total. The molecule has 0 aliphatic rings. The van der Waals surface area contributed by atoms with Gasteiger partial charge in [0.15, 0.2) is 11.5 Å². The average Bonchev–Trinajstić information content (AvgIpc) is 2.68. The normalized spacial score (nSPS) is 10.3. The molecule has 6 heteroatoms. The van der Waals surface area contributed by atoms with E-state index in [0.717, 1.165) is 0 Å². The fourth-order valence-electron chi connectivity index (χ4n) is 1.50. The van der Waals surface area contributed by atoms with Crippen LogP contribution in [0.25, 0.3) is 11.1 Å². The molecule has 0 atom stereocenters. The number of oxazole rings is 1. The number of nitrogens with zero attached hydrogens (tertiary/aromatic N) is 1. The Morgan fingerprint density at radius 3 is 2.94 bits per heavy atom. The number of esters is 1. The van der Waals surface area contributed by atoms with Gasteiger partial charge in [-0.1, -0.05) is 0 Å². The van der Waals surface area contributed by atoms with Crippen LogP contribution in [0.3, 0.4) is 0 Å². The molecule has 1 heterocycles. The molecule has 18 heavy (non-hydrogen) atoms. The van der Waals surface area contributed by atoms with Gasteiger partial charge in [0.1, 0.15) is 5.52 Å². The zero-order valence-electron chi connectivity index (χ0n) is 10.0. The van der Waals surface area contributed by atoms with Gasteiger partial charge in [-0.25, -0.2) is 9.78 Å². The number of anilines is 1. The van der Waals surface area contributed by atoms with Crippen LogP contribution in [-0.2, 0) is 14.3 Å². The van der Waals surface area contributed by atoms with E-state index in [9.17, 15) is 9.59 Å². The van der Waals surface area contributed by atoms with E-state index in [1.54, 1.807) is 32.0 Å². The van der Waals surface area contributed by atoms with Crippen LogP contribution in [0.15, 0.2) is 22.6 Å². The molecule has 0 saturated heterocycles. The number of ether oxygens (including phenoxy) is 1. The van der Waals surface area contributed by atoms with Crippen molar-refractivity contribution in [2.75, 3.05) is 11.9 Å². The topological polar surface area (TPSA) is 81.4 Å². The summed E-state index contributed by atoms with van der Waals surface area (Å²) in [5.74, 6) is -1.18. The first kappa shape index (κ1) is 12.1. The number of fused-ring (bicyclic) bond motifs is 1. The lowest BCUT2D eigenvalue weighted by Crippen LogP contribution is -2.24. The fourth-order valence-corrected chi connectivity index (χ4v) is 1.50. The van der Waals surface area contributed by atoms with Gasteiger partial charge in [0, 0.05) is 12.6 Å². The van der Waals surface area contributed by atoms with Gasteiger partial charge in [-0.2, -0.15) is 0 Å². The summed E-state index contributed by atoms with van der Waals surface area (Å²) < 4.78 is 9.88. The minimum Gasteiger partial charge on any atom is -0.459 e. The molecule has 2 aromatic rings. The second-order valence-corrected chi connectivity index (χ2v) is 3.59. The number of rotatable bonds is 2. The van der Waals surface area contributed by atoms with Gasteiger partial charge in [0.05, 0.1) is 6.61 Å². The average molecular weight is 248 g/mol. The van der Waals surface area contributed by atoms with Gasteiger partial charge < -0.3 is 14.5 Å². The molecule has 0 bridgehead atoms. The summed E-state index contributed by atoms with van der Waals surface area (Å²) in [6.07, 6.45) is 0. The largest absolute Gasteiger partial charge is 0.459 e. The highest BCUT2D eigenvalue weighted by Crippen LogP contribution is 2.19. The van der Waals surface area contributed by atoms with Gasteiger partial charge in [0.2, 0.25) is 0 Å². The van der Waals surface area contributed by atoms with Gasteiger partial charge in [-0.3, -0.25) is 4.79 Å². The summed E-state index contributed by atoms with van der Waals surface area (Å²) in [4.78, 5) is 26.7. The molecule has 0 unspecified atom stereocenters. The van der Waals surface area contributed by atoms with E-state index in [0.29, 0.717) is 22.7 Å². The molecular formula is C12H12N2O4. The predicted molar refractivity (Wildman–Crippen MR) is 64.0 cm³/mol.